The molecule has 1 unspecified atom stereocenters. The molecule has 0 saturated carbocycles. The average molecular weight is 309 g/mol. The minimum absolute atomic E-state index is 0.229. The van der Waals surface area contributed by atoms with Crippen LogP contribution < -0.4 is 5.32 Å². The van der Waals surface area contributed by atoms with E-state index in [1.165, 1.54) is 5.56 Å². The van der Waals surface area contributed by atoms with Gasteiger partial charge in [0.25, 0.3) is 0 Å². The van der Waals surface area contributed by atoms with Gasteiger partial charge in [-0.15, -0.1) is 0 Å². The first-order valence-electron chi connectivity index (χ1n) is 6.01. The van der Waals surface area contributed by atoms with Crippen LogP contribution >= 0.6 is 15.9 Å². The maximum absolute atomic E-state index is 4.46. The van der Waals surface area contributed by atoms with Crippen molar-refractivity contribution in [3.8, 4) is 0 Å². The highest BCUT2D eigenvalue weighted by Crippen LogP contribution is 2.18. The molecule has 0 fully saturated rings. The summed E-state index contributed by atoms with van der Waals surface area (Å²) in [5.41, 5.74) is 2.28. The molecule has 0 aromatic carbocycles. The smallest absolute Gasteiger partial charge is 0.0577 e. The number of likely N-dealkylation sites (N-methyl/N-ethyl adjacent to an activating group) is 1. The minimum Gasteiger partial charge on any atom is -0.309 e. The van der Waals surface area contributed by atoms with E-state index in [-0.39, 0.29) is 6.04 Å². The molecule has 0 aliphatic rings. The number of aryl methyl sites for hydroxylation is 1. The van der Waals surface area contributed by atoms with Gasteiger partial charge in [-0.05, 0) is 46.6 Å². The number of hydrogen-bond acceptors (Lipinski definition) is 3. The van der Waals surface area contributed by atoms with Crippen molar-refractivity contribution in [2.45, 2.75) is 19.4 Å². The molecule has 96 valence electrons. The summed E-state index contributed by atoms with van der Waals surface area (Å²) in [4.78, 5) is 4.46. The van der Waals surface area contributed by atoms with Crippen LogP contribution in [0.5, 0.6) is 0 Å². The van der Waals surface area contributed by atoms with E-state index in [0.29, 0.717) is 0 Å². The molecule has 0 aliphatic carbocycles. The lowest BCUT2D eigenvalue weighted by molar-refractivity contribution is 0.536. The Morgan fingerprint density at radius 3 is 2.78 bits per heavy atom. The Hall–Kier alpha value is -1.20. The second-order valence-electron chi connectivity index (χ2n) is 4.24. The average Bonchev–Trinajstić information content (AvgIpc) is 2.75. The van der Waals surface area contributed by atoms with Gasteiger partial charge in [-0.3, -0.25) is 9.67 Å². The molecule has 4 nitrogen and oxygen atoms in total. The molecule has 0 aliphatic heterocycles. The third kappa shape index (κ3) is 3.40. The minimum atomic E-state index is 0.229. The summed E-state index contributed by atoms with van der Waals surface area (Å²) in [5.74, 6) is 0. The molecule has 0 spiro atoms. The van der Waals surface area contributed by atoms with Crippen LogP contribution in [0.3, 0.4) is 0 Å². The van der Waals surface area contributed by atoms with Crippen molar-refractivity contribution < 1.29 is 0 Å². The normalized spacial score (nSPS) is 12.6. The van der Waals surface area contributed by atoms with Crippen molar-refractivity contribution >= 4 is 15.9 Å². The van der Waals surface area contributed by atoms with Crippen LogP contribution in [0.1, 0.15) is 24.2 Å². The third-order valence-electron chi connectivity index (χ3n) is 2.76. The molecule has 2 heterocycles. The molecule has 2 rings (SSSR count). The lowest BCUT2D eigenvalue weighted by Gasteiger charge is -2.16. The zero-order valence-electron chi connectivity index (χ0n) is 10.6. The van der Waals surface area contributed by atoms with Crippen molar-refractivity contribution in [1.29, 1.82) is 0 Å². The van der Waals surface area contributed by atoms with Gasteiger partial charge >= 0.3 is 0 Å². The van der Waals surface area contributed by atoms with Gasteiger partial charge < -0.3 is 5.32 Å². The molecule has 0 amide bonds. The topological polar surface area (TPSA) is 42.7 Å². The molecular formula is C13H17BrN4. The SMILES string of the molecule is CCNC(Cc1cnn(C)c1)c1ccc(Br)cn1. The van der Waals surface area contributed by atoms with Gasteiger partial charge in [0.15, 0.2) is 0 Å². The van der Waals surface area contributed by atoms with Crippen molar-refractivity contribution in [1.82, 2.24) is 20.1 Å². The summed E-state index contributed by atoms with van der Waals surface area (Å²) in [6, 6.07) is 4.30. The number of pyridine rings is 1. The Bertz CT molecular complexity index is 492. The predicted octanol–water partition coefficient (Wildman–Crippen LogP) is 2.47. The van der Waals surface area contributed by atoms with Crippen LogP contribution in [-0.4, -0.2) is 21.3 Å². The van der Waals surface area contributed by atoms with Crippen molar-refractivity contribution in [2.24, 2.45) is 7.05 Å². The monoisotopic (exact) mass is 308 g/mol. The van der Waals surface area contributed by atoms with Gasteiger partial charge in [-0.2, -0.15) is 5.10 Å². The molecule has 0 bridgehead atoms. The molecule has 2 aromatic rings. The van der Waals surface area contributed by atoms with Crippen LogP contribution in [-0.2, 0) is 13.5 Å². The van der Waals surface area contributed by atoms with E-state index in [4.69, 9.17) is 0 Å². The number of aromatic nitrogens is 3. The number of hydrogen-bond donors (Lipinski definition) is 1. The highest BCUT2D eigenvalue weighted by atomic mass is 79.9. The zero-order valence-corrected chi connectivity index (χ0v) is 12.2. The van der Waals surface area contributed by atoms with Crippen molar-refractivity contribution in [3.63, 3.8) is 0 Å². The maximum Gasteiger partial charge on any atom is 0.0577 e. The Morgan fingerprint density at radius 2 is 2.22 bits per heavy atom. The van der Waals surface area contributed by atoms with Gasteiger partial charge in [-0.1, -0.05) is 6.92 Å². The molecule has 5 heteroatoms. The molecule has 2 aromatic heterocycles. The van der Waals surface area contributed by atoms with E-state index >= 15 is 0 Å². The fraction of sp³-hybridized carbons (Fsp3) is 0.385. The van der Waals surface area contributed by atoms with E-state index in [1.54, 1.807) is 0 Å². The predicted molar refractivity (Wildman–Crippen MR) is 75.3 cm³/mol. The largest absolute Gasteiger partial charge is 0.309 e. The summed E-state index contributed by atoms with van der Waals surface area (Å²) in [7, 11) is 1.93. The summed E-state index contributed by atoms with van der Waals surface area (Å²) in [5, 5.41) is 7.66. The number of halogens is 1. The van der Waals surface area contributed by atoms with Crippen molar-refractivity contribution in [3.05, 3.63) is 46.5 Å². The summed E-state index contributed by atoms with van der Waals surface area (Å²) in [6.45, 7) is 3.03. The fourth-order valence-electron chi connectivity index (χ4n) is 1.93. The Kier molecular flexibility index (Phi) is 4.49. The van der Waals surface area contributed by atoms with E-state index in [2.05, 4.69) is 38.3 Å². The second kappa shape index (κ2) is 6.11. The number of nitrogens with zero attached hydrogens (tertiary/aromatic N) is 3. The Balaban J connectivity index is 2.14. The highest BCUT2D eigenvalue weighted by Gasteiger charge is 2.13. The van der Waals surface area contributed by atoms with E-state index in [9.17, 15) is 0 Å². The standard InChI is InChI=1S/C13H17BrN4/c1-3-15-13(6-10-7-17-18(2)9-10)12-5-4-11(14)8-16-12/h4-5,7-9,13,15H,3,6H2,1-2H3. The molecule has 0 radical (unpaired) electrons. The Labute approximate surface area is 116 Å². The van der Waals surface area contributed by atoms with E-state index < -0.39 is 0 Å². The molecule has 1 N–H and O–H groups in total. The van der Waals surface area contributed by atoms with Crippen LogP contribution in [0.25, 0.3) is 0 Å². The first-order valence-corrected chi connectivity index (χ1v) is 6.80. The third-order valence-corrected chi connectivity index (χ3v) is 3.23. The summed E-state index contributed by atoms with van der Waals surface area (Å²) in [6.07, 6.45) is 6.69. The van der Waals surface area contributed by atoms with Crippen LogP contribution in [0.4, 0.5) is 0 Å². The number of nitrogens with one attached hydrogen (secondary N) is 1. The first kappa shape index (κ1) is 13.2. The summed E-state index contributed by atoms with van der Waals surface area (Å²) < 4.78 is 2.83. The van der Waals surface area contributed by atoms with Gasteiger partial charge in [-0.25, -0.2) is 0 Å². The molecular weight excluding hydrogens is 292 g/mol. The van der Waals surface area contributed by atoms with Crippen LogP contribution in [0, 0.1) is 0 Å². The quantitative estimate of drug-likeness (QED) is 0.922. The number of rotatable bonds is 5. The van der Waals surface area contributed by atoms with E-state index in [0.717, 1.165) is 23.1 Å². The van der Waals surface area contributed by atoms with Gasteiger partial charge in [0.2, 0.25) is 0 Å². The molecule has 1 atom stereocenters. The maximum atomic E-state index is 4.46. The highest BCUT2D eigenvalue weighted by molar-refractivity contribution is 9.10. The summed E-state index contributed by atoms with van der Waals surface area (Å²) >= 11 is 3.41. The molecule has 0 saturated heterocycles. The lowest BCUT2D eigenvalue weighted by atomic mass is 10.1. The van der Waals surface area contributed by atoms with Crippen molar-refractivity contribution in [2.75, 3.05) is 6.54 Å². The Morgan fingerprint density at radius 1 is 1.39 bits per heavy atom. The fourth-order valence-corrected chi connectivity index (χ4v) is 2.17. The van der Waals surface area contributed by atoms with Gasteiger partial charge in [0, 0.05) is 23.9 Å². The zero-order chi connectivity index (χ0) is 13.0. The van der Waals surface area contributed by atoms with E-state index in [1.807, 2.05) is 42.5 Å². The van der Waals surface area contributed by atoms with Crippen LogP contribution in [0.2, 0.25) is 0 Å². The molecule has 18 heavy (non-hydrogen) atoms. The second-order valence-corrected chi connectivity index (χ2v) is 5.15. The van der Waals surface area contributed by atoms with Gasteiger partial charge in [0.1, 0.15) is 0 Å². The van der Waals surface area contributed by atoms with Crippen LogP contribution in [0.15, 0.2) is 35.2 Å². The van der Waals surface area contributed by atoms with Gasteiger partial charge in [0.05, 0.1) is 17.9 Å². The first-order chi connectivity index (χ1) is 8.69. The lowest BCUT2D eigenvalue weighted by Crippen LogP contribution is -2.23.